The number of imidazole rings is 2. The van der Waals surface area contributed by atoms with E-state index in [2.05, 4.69) is 59.6 Å². The average molecular weight is 855 g/mol. The molecule has 4 N–H and O–H groups in total. The number of hydrogen-bond acceptors (Lipinski definition) is 10. The number of rotatable bonds is 12. The zero-order valence-corrected chi connectivity index (χ0v) is 35.7. The van der Waals surface area contributed by atoms with Crippen LogP contribution in [0.3, 0.4) is 0 Å². The van der Waals surface area contributed by atoms with Crippen molar-refractivity contribution in [3.8, 4) is 34.0 Å². The third-order valence-corrected chi connectivity index (χ3v) is 12.5. The molecule has 1 aliphatic carbocycles. The molecule has 4 atom stereocenters. The SMILES string of the molecule is CCCN(Cc1ncc(-c2ccc3c(c2)OC(c2ccccc2)C2=C3COc3cc(-c4cnc([C@@H]5CCCN5C(=O)CNC(=O)OC)[nH]4)ccc32)[nH]1)C(=O)[C@]1(NC(=O)OC)CC1C. The van der Waals surface area contributed by atoms with Crippen molar-refractivity contribution in [1.82, 2.24) is 40.4 Å². The van der Waals surface area contributed by atoms with E-state index in [1.54, 1.807) is 22.2 Å². The number of aromatic amines is 2. The van der Waals surface area contributed by atoms with Crippen molar-refractivity contribution in [2.45, 2.75) is 63.8 Å². The molecule has 9 rings (SSSR count). The fourth-order valence-corrected chi connectivity index (χ4v) is 9.11. The van der Waals surface area contributed by atoms with Crippen molar-refractivity contribution in [1.29, 1.82) is 0 Å². The number of fused-ring (bicyclic) bond motifs is 4. The van der Waals surface area contributed by atoms with Gasteiger partial charge in [-0.05, 0) is 49.3 Å². The number of aromatic nitrogens is 4. The predicted molar refractivity (Wildman–Crippen MR) is 232 cm³/mol. The number of nitrogens with one attached hydrogen (secondary N) is 4. The summed E-state index contributed by atoms with van der Waals surface area (Å²) in [5, 5.41) is 5.26. The number of nitrogens with zero attached hydrogens (tertiary/aromatic N) is 4. The van der Waals surface area contributed by atoms with Crippen molar-refractivity contribution in [2.24, 2.45) is 5.92 Å². The maximum absolute atomic E-state index is 13.8. The minimum Gasteiger partial charge on any atom is -0.488 e. The van der Waals surface area contributed by atoms with E-state index in [0.717, 1.165) is 75.4 Å². The summed E-state index contributed by atoms with van der Waals surface area (Å²) in [5.41, 5.74) is 7.31. The number of methoxy groups -OCH3 is 2. The van der Waals surface area contributed by atoms with Gasteiger partial charge in [-0.3, -0.25) is 9.59 Å². The van der Waals surface area contributed by atoms with Gasteiger partial charge in [-0.15, -0.1) is 0 Å². The number of carbonyl (C=O) groups is 4. The maximum atomic E-state index is 13.8. The second kappa shape index (κ2) is 17.0. The highest BCUT2D eigenvalue weighted by molar-refractivity contribution is 6.00. The first-order valence-electron chi connectivity index (χ1n) is 21.3. The van der Waals surface area contributed by atoms with Crippen LogP contribution >= 0.6 is 0 Å². The van der Waals surface area contributed by atoms with Crippen LogP contribution in [0, 0.1) is 5.92 Å². The Hall–Kier alpha value is -7.10. The van der Waals surface area contributed by atoms with Crippen molar-refractivity contribution in [3.63, 3.8) is 0 Å². The molecule has 0 spiro atoms. The number of amides is 4. The Morgan fingerprint density at radius 1 is 0.921 bits per heavy atom. The fourth-order valence-electron chi connectivity index (χ4n) is 9.11. The predicted octanol–water partition coefficient (Wildman–Crippen LogP) is 6.80. The first-order valence-corrected chi connectivity index (χ1v) is 21.3. The van der Waals surface area contributed by atoms with Gasteiger partial charge in [0.25, 0.3) is 0 Å². The fraction of sp³-hybridized carbons (Fsp3) is 0.362. The number of carbonyl (C=O) groups excluding carboxylic acids is 4. The monoisotopic (exact) mass is 854 g/mol. The summed E-state index contributed by atoms with van der Waals surface area (Å²) < 4.78 is 22.9. The summed E-state index contributed by atoms with van der Waals surface area (Å²) in [6.45, 7) is 5.49. The Morgan fingerprint density at radius 3 is 2.37 bits per heavy atom. The van der Waals surface area contributed by atoms with Gasteiger partial charge in [0.15, 0.2) is 0 Å². The van der Waals surface area contributed by atoms with Crippen LogP contribution < -0.4 is 20.1 Å². The van der Waals surface area contributed by atoms with Crippen molar-refractivity contribution >= 4 is 35.1 Å². The van der Waals surface area contributed by atoms with Crippen LogP contribution in [0.25, 0.3) is 33.7 Å². The molecule has 5 heterocycles. The van der Waals surface area contributed by atoms with E-state index >= 15 is 0 Å². The minimum absolute atomic E-state index is 0.00210. The molecule has 5 aromatic rings. The first-order chi connectivity index (χ1) is 30.6. The Balaban J connectivity index is 0.972. The lowest BCUT2D eigenvalue weighted by molar-refractivity contribution is -0.135. The second-order valence-electron chi connectivity index (χ2n) is 16.4. The Bertz CT molecular complexity index is 2600. The van der Waals surface area contributed by atoms with Crippen LogP contribution in [0.5, 0.6) is 11.5 Å². The van der Waals surface area contributed by atoms with Gasteiger partial charge >= 0.3 is 12.2 Å². The molecular weight excluding hydrogens is 805 g/mol. The number of ether oxygens (including phenoxy) is 4. The number of benzene rings is 3. The highest BCUT2D eigenvalue weighted by atomic mass is 16.5. The van der Waals surface area contributed by atoms with E-state index in [-0.39, 0.29) is 36.9 Å². The van der Waals surface area contributed by atoms with Gasteiger partial charge in [-0.2, -0.15) is 0 Å². The molecule has 3 aliphatic heterocycles. The molecule has 4 amide bonds. The quantitative estimate of drug-likeness (QED) is 0.104. The van der Waals surface area contributed by atoms with Crippen LogP contribution in [-0.2, 0) is 25.6 Å². The zero-order valence-electron chi connectivity index (χ0n) is 35.7. The molecule has 2 unspecified atom stereocenters. The lowest BCUT2D eigenvalue weighted by Gasteiger charge is -2.35. The van der Waals surface area contributed by atoms with Crippen LogP contribution in [-0.4, -0.2) is 99.7 Å². The zero-order chi connectivity index (χ0) is 43.8. The molecule has 63 heavy (non-hydrogen) atoms. The van der Waals surface area contributed by atoms with Crippen LogP contribution in [0.2, 0.25) is 0 Å². The van der Waals surface area contributed by atoms with Crippen molar-refractivity contribution < 1.29 is 38.1 Å². The smallest absolute Gasteiger partial charge is 0.407 e. The molecular formula is C47H50N8O8. The second-order valence-corrected chi connectivity index (χ2v) is 16.4. The molecule has 4 aliphatic rings. The van der Waals surface area contributed by atoms with E-state index < -0.39 is 23.8 Å². The van der Waals surface area contributed by atoms with Gasteiger partial charge in [0.1, 0.15) is 47.9 Å². The molecule has 2 fully saturated rings. The molecule has 2 aromatic heterocycles. The highest BCUT2D eigenvalue weighted by Crippen LogP contribution is 2.52. The van der Waals surface area contributed by atoms with E-state index in [0.29, 0.717) is 43.5 Å². The van der Waals surface area contributed by atoms with E-state index in [4.69, 9.17) is 14.2 Å². The number of likely N-dealkylation sites (tertiary alicyclic amines) is 1. The van der Waals surface area contributed by atoms with E-state index in [1.807, 2.05) is 56.3 Å². The summed E-state index contributed by atoms with van der Waals surface area (Å²) in [5.74, 6) is 2.41. The highest BCUT2D eigenvalue weighted by Gasteiger charge is 2.60. The van der Waals surface area contributed by atoms with Gasteiger partial charge in [0, 0.05) is 46.5 Å². The van der Waals surface area contributed by atoms with Gasteiger partial charge in [0.05, 0.1) is 50.6 Å². The standard InChI is InChI=1S/C47H50N8O8/c1-5-17-54(44(57)47(21-27(47)2)53-46(59)61-4)25-39-48-22-34(51-39)30-13-15-31-33-26-62-37-19-29(14-16-32(37)41(33)42(63-38(31)20-30)28-10-7-6-8-11-28)35-23-49-43(52-35)36-12-9-18-55(36)40(56)24-50-45(58)60-3/h6-8,10-11,13-16,19-20,22-23,27,36,42H,5,9,12,17-18,21,24-26H2,1-4H3,(H,48,51)(H,49,52)(H,50,58)(H,53,59)/t27?,36-,42?,47-/m0/s1. The third kappa shape index (κ3) is 7.85. The normalized spacial score (nSPS) is 20.6. The van der Waals surface area contributed by atoms with Crippen LogP contribution in [0.4, 0.5) is 9.59 Å². The van der Waals surface area contributed by atoms with Gasteiger partial charge < -0.3 is 49.3 Å². The lowest BCUT2D eigenvalue weighted by Crippen LogP contribution is -2.52. The van der Waals surface area contributed by atoms with Crippen molar-refractivity contribution in [3.05, 3.63) is 107 Å². The van der Waals surface area contributed by atoms with Gasteiger partial charge in [0.2, 0.25) is 11.8 Å². The summed E-state index contributed by atoms with van der Waals surface area (Å²) in [6.07, 6.45) is 4.74. The van der Waals surface area contributed by atoms with E-state index in [1.165, 1.54) is 14.2 Å². The van der Waals surface area contributed by atoms with Gasteiger partial charge in [-0.25, -0.2) is 19.6 Å². The molecule has 16 heteroatoms. The van der Waals surface area contributed by atoms with E-state index in [9.17, 15) is 19.2 Å². The summed E-state index contributed by atoms with van der Waals surface area (Å²) in [7, 11) is 2.56. The number of alkyl carbamates (subject to hydrolysis) is 2. The molecule has 0 radical (unpaired) electrons. The third-order valence-electron chi connectivity index (χ3n) is 12.5. The lowest BCUT2D eigenvalue weighted by atomic mass is 9.83. The summed E-state index contributed by atoms with van der Waals surface area (Å²) >= 11 is 0. The van der Waals surface area contributed by atoms with Crippen LogP contribution in [0.15, 0.2) is 79.1 Å². The summed E-state index contributed by atoms with van der Waals surface area (Å²) in [6, 6.07) is 22.1. The molecule has 3 aromatic carbocycles. The van der Waals surface area contributed by atoms with Crippen LogP contribution in [0.1, 0.15) is 80.0 Å². The first kappa shape index (κ1) is 41.3. The molecule has 1 saturated carbocycles. The Labute approximate surface area is 364 Å². The summed E-state index contributed by atoms with van der Waals surface area (Å²) in [4.78, 5) is 70.2. The van der Waals surface area contributed by atoms with Gasteiger partial charge in [-0.1, -0.05) is 68.4 Å². The maximum Gasteiger partial charge on any atom is 0.407 e. The average Bonchev–Trinajstić information content (AvgIpc) is 3.84. The number of hydrogen-bond donors (Lipinski definition) is 4. The Kier molecular flexibility index (Phi) is 11.1. The molecule has 0 bridgehead atoms. The molecule has 326 valence electrons. The largest absolute Gasteiger partial charge is 0.488 e. The van der Waals surface area contributed by atoms with Crippen molar-refractivity contribution in [2.75, 3.05) is 40.5 Å². The molecule has 1 saturated heterocycles. The topological polar surface area (TPSA) is 193 Å². The number of H-pyrrole nitrogens is 2. The minimum atomic E-state index is -0.971. The Morgan fingerprint density at radius 2 is 1.63 bits per heavy atom. The molecule has 16 nitrogen and oxygen atoms in total.